The summed E-state index contributed by atoms with van der Waals surface area (Å²) in [6.07, 6.45) is 3.49. The van der Waals surface area contributed by atoms with Gasteiger partial charge in [-0.2, -0.15) is 0 Å². The second-order valence-electron chi connectivity index (χ2n) is 4.63. The molecule has 1 atom stereocenters. The van der Waals surface area contributed by atoms with Crippen LogP contribution in [0, 0.1) is 0 Å². The highest BCUT2D eigenvalue weighted by atomic mass is 16.5. The minimum absolute atomic E-state index is 0.0689. The predicted octanol–water partition coefficient (Wildman–Crippen LogP) is 2.92. The maximum atomic E-state index is 5.36. The molecular weight excluding hydrogens is 238 g/mol. The number of benzene rings is 1. The molecule has 0 spiro atoms. The Kier molecular flexibility index (Phi) is 4.12. The lowest BCUT2D eigenvalue weighted by atomic mass is 10.0. The zero-order chi connectivity index (χ0) is 13.8. The van der Waals surface area contributed by atoms with Crippen LogP contribution in [0.1, 0.15) is 18.6 Å². The maximum absolute atomic E-state index is 5.36. The van der Waals surface area contributed by atoms with Gasteiger partial charge in [-0.15, -0.1) is 0 Å². The van der Waals surface area contributed by atoms with Crippen LogP contribution >= 0.6 is 0 Å². The molecule has 0 aliphatic carbocycles. The smallest absolute Gasteiger partial charge is 0.154 e. The summed E-state index contributed by atoms with van der Waals surface area (Å²) >= 11 is 0. The largest absolute Gasteiger partial charge is 0.377 e. The third-order valence-corrected chi connectivity index (χ3v) is 3.09. The molecule has 0 aliphatic heterocycles. The van der Waals surface area contributed by atoms with Gasteiger partial charge in [-0.1, -0.05) is 18.2 Å². The summed E-state index contributed by atoms with van der Waals surface area (Å²) in [5.74, 6) is 0.865. The first-order chi connectivity index (χ1) is 9.13. The quantitative estimate of drug-likeness (QED) is 0.844. The van der Waals surface area contributed by atoms with Crippen LogP contribution in [-0.2, 0) is 4.74 Å². The van der Waals surface area contributed by atoms with E-state index in [1.165, 1.54) is 0 Å². The Labute approximate surface area is 114 Å². The van der Waals surface area contributed by atoms with Gasteiger partial charge in [-0.05, 0) is 18.6 Å². The average Bonchev–Trinajstić information content (AvgIpc) is 2.46. The number of anilines is 1. The van der Waals surface area contributed by atoms with Gasteiger partial charge < -0.3 is 9.64 Å². The molecule has 0 saturated carbocycles. The van der Waals surface area contributed by atoms with Gasteiger partial charge in [-0.25, -0.2) is 4.98 Å². The number of hydrogen-bond donors (Lipinski definition) is 0. The summed E-state index contributed by atoms with van der Waals surface area (Å²) in [5, 5.41) is 0. The molecule has 0 bridgehead atoms. The molecule has 2 rings (SSSR count). The third-order valence-electron chi connectivity index (χ3n) is 3.09. The van der Waals surface area contributed by atoms with E-state index in [-0.39, 0.29) is 6.10 Å². The zero-order valence-electron chi connectivity index (χ0n) is 11.8. The Hall–Kier alpha value is -1.94. The molecule has 0 aliphatic rings. The van der Waals surface area contributed by atoms with Gasteiger partial charge in [0, 0.05) is 39.2 Å². The summed E-state index contributed by atoms with van der Waals surface area (Å²) in [5.41, 5.74) is 3.08. The van der Waals surface area contributed by atoms with E-state index in [1.54, 1.807) is 19.5 Å². The summed E-state index contributed by atoms with van der Waals surface area (Å²) < 4.78 is 5.36. The number of hydrogen-bond acceptors (Lipinski definition) is 4. The van der Waals surface area contributed by atoms with Crippen molar-refractivity contribution in [3.8, 4) is 11.3 Å². The summed E-state index contributed by atoms with van der Waals surface area (Å²) in [6.45, 7) is 2.03. The van der Waals surface area contributed by atoms with Gasteiger partial charge in [0.05, 0.1) is 6.10 Å². The Morgan fingerprint density at radius 2 is 1.89 bits per heavy atom. The molecule has 1 aromatic heterocycles. The first-order valence-electron chi connectivity index (χ1n) is 6.25. The standard InChI is InChI=1S/C15H19N3O/c1-11(19-4)12-6-5-7-13(10-12)14-15(18(2)3)17-9-8-16-14/h5-11H,1-4H3/t11-/m1/s1. The number of ether oxygens (including phenoxy) is 1. The highest BCUT2D eigenvalue weighted by molar-refractivity contribution is 5.72. The van der Waals surface area contributed by atoms with E-state index >= 15 is 0 Å². The molecule has 0 fully saturated rings. The molecule has 100 valence electrons. The van der Waals surface area contributed by atoms with Gasteiger partial charge in [0.2, 0.25) is 0 Å². The van der Waals surface area contributed by atoms with Crippen molar-refractivity contribution >= 4 is 5.82 Å². The molecule has 2 aromatic rings. The number of rotatable bonds is 4. The van der Waals surface area contributed by atoms with E-state index in [9.17, 15) is 0 Å². The molecule has 0 amide bonds. The van der Waals surface area contributed by atoms with Crippen LogP contribution in [0.3, 0.4) is 0 Å². The first kappa shape index (κ1) is 13.5. The van der Waals surface area contributed by atoms with Crippen molar-refractivity contribution in [1.29, 1.82) is 0 Å². The second kappa shape index (κ2) is 5.80. The van der Waals surface area contributed by atoms with Gasteiger partial charge >= 0.3 is 0 Å². The van der Waals surface area contributed by atoms with Crippen molar-refractivity contribution in [2.45, 2.75) is 13.0 Å². The van der Waals surface area contributed by atoms with Gasteiger partial charge in [0.25, 0.3) is 0 Å². The van der Waals surface area contributed by atoms with Crippen molar-refractivity contribution in [2.75, 3.05) is 26.1 Å². The summed E-state index contributed by atoms with van der Waals surface area (Å²) in [7, 11) is 5.65. The van der Waals surface area contributed by atoms with E-state index in [0.29, 0.717) is 0 Å². The minimum atomic E-state index is 0.0689. The van der Waals surface area contributed by atoms with E-state index in [2.05, 4.69) is 22.1 Å². The lowest BCUT2D eigenvalue weighted by Gasteiger charge is -2.16. The van der Waals surface area contributed by atoms with Crippen LogP contribution in [0.5, 0.6) is 0 Å². The Balaban J connectivity index is 2.48. The maximum Gasteiger partial charge on any atom is 0.154 e. The zero-order valence-corrected chi connectivity index (χ0v) is 11.8. The molecule has 1 heterocycles. The predicted molar refractivity (Wildman–Crippen MR) is 77.2 cm³/mol. The van der Waals surface area contributed by atoms with Crippen LogP contribution in [0.2, 0.25) is 0 Å². The molecule has 0 saturated heterocycles. The van der Waals surface area contributed by atoms with E-state index in [4.69, 9.17) is 4.74 Å². The molecule has 19 heavy (non-hydrogen) atoms. The third kappa shape index (κ3) is 2.90. The van der Waals surface area contributed by atoms with Crippen molar-refractivity contribution in [1.82, 2.24) is 9.97 Å². The molecule has 4 nitrogen and oxygen atoms in total. The van der Waals surface area contributed by atoms with Crippen LogP contribution in [-0.4, -0.2) is 31.2 Å². The molecular formula is C15H19N3O. The molecule has 4 heteroatoms. The number of nitrogens with zero attached hydrogens (tertiary/aromatic N) is 3. The van der Waals surface area contributed by atoms with Gasteiger partial charge in [-0.3, -0.25) is 4.98 Å². The van der Waals surface area contributed by atoms with Crippen LogP contribution < -0.4 is 4.90 Å². The highest BCUT2D eigenvalue weighted by Crippen LogP contribution is 2.28. The van der Waals surface area contributed by atoms with E-state index in [0.717, 1.165) is 22.6 Å². The van der Waals surface area contributed by atoms with Crippen molar-refractivity contribution in [3.63, 3.8) is 0 Å². The molecule has 0 radical (unpaired) electrons. The fourth-order valence-corrected chi connectivity index (χ4v) is 1.94. The topological polar surface area (TPSA) is 38.3 Å². The summed E-state index contributed by atoms with van der Waals surface area (Å²) in [6, 6.07) is 8.23. The molecule has 0 N–H and O–H groups in total. The van der Waals surface area contributed by atoms with Crippen molar-refractivity contribution in [2.24, 2.45) is 0 Å². The SMILES string of the molecule is CO[C@H](C)c1cccc(-c2nccnc2N(C)C)c1. The van der Waals surface area contributed by atoms with Gasteiger partial charge in [0.1, 0.15) is 5.69 Å². The Morgan fingerprint density at radius 1 is 1.16 bits per heavy atom. The lowest BCUT2D eigenvalue weighted by Crippen LogP contribution is -2.12. The fraction of sp³-hybridized carbons (Fsp3) is 0.333. The van der Waals surface area contributed by atoms with Crippen LogP contribution in [0.15, 0.2) is 36.7 Å². The molecule has 1 aromatic carbocycles. The minimum Gasteiger partial charge on any atom is -0.377 e. The van der Waals surface area contributed by atoms with Crippen LogP contribution in [0.4, 0.5) is 5.82 Å². The number of aromatic nitrogens is 2. The second-order valence-corrected chi connectivity index (χ2v) is 4.63. The van der Waals surface area contributed by atoms with E-state index < -0.39 is 0 Å². The fourth-order valence-electron chi connectivity index (χ4n) is 1.94. The first-order valence-corrected chi connectivity index (χ1v) is 6.25. The van der Waals surface area contributed by atoms with Crippen LogP contribution in [0.25, 0.3) is 11.3 Å². The Bertz CT molecular complexity index is 555. The lowest BCUT2D eigenvalue weighted by molar-refractivity contribution is 0.119. The Morgan fingerprint density at radius 3 is 2.58 bits per heavy atom. The monoisotopic (exact) mass is 257 g/mol. The summed E-state index contributed by atoms with van der Waals surface area (Å²) in [4.78, 5) is 10.8. The van der Waals surface area contributed by atoms with E-state index in [1.807, 2.05) is 38.1 Å². The normalized spacial score (nSPS) is 12.2. The highest BCUT2D eigenvalue weighted by Gasteiger charge is 2.11. The number of methoxy groups -OCH3 is 1. The molecule has 0 unspecified atom stereocenters. The van der Waals surface area contributed by atoms with Gasteiger partial charge in [0.15, 0.2) is 5.82 Å². The van der Waals surface area contributed by atoms with Crippen molar-refractivity contribution in [3.05, 3.63) is 42.2 Å². The van der Waals surface area contributed by atoms with Crippen molar-refractivity contribution < 1.29 is 4.74 Å². The average molecular weight is 257 g/mol.